The van der Waals surface area contributed by atoms with E-state index in [1.807, 2.05) is 0 Å². The number of methoxy groups -OCH3 is 1. The number of pyridine rings is 1. The predicted molar refractivity (Wildman–Crippen MR) is 72.5 cm³/mol. The summed E-state index contributed by atoms with van der Waals surface area (Å²) in [5, 5.41) is 12.5. The number of ether oxygens (including phenoxy) is 1. The molecule has 0 bridgehead atoms. The first kappa shape index (κ1) is 13.2. The first-order valence-corrected chi connectivity index (χ1v) is 5.77. The fourth-order valence-corrected chi connectivity index (χ4v) is 1.72. The van der Waals surface area contributed by atoms with Crippen molar-refractivity contribution in [1.29, 1.82) is 0 Å². The van der Waals surface area contributed by atoms with Gasteiger partial charge in [0.1, 0.15) is 5.75 Å². The molecule has 2 rings (SSSR count). The summed E-state index contributed by atoms with van der Waals surface area (Å²) >= 11 is 6.05. The summed E-state index contributed by atoms with van der Waals surface area (Å²) in [4.78, 5) is 15.0. The van der Waals surface area contributed by atoms with E-state index in [0.717, 1.165) is 0 Å². The Morgan fingerprint density at radius 2 is 2.16 bits per heavy atom. The van der Waals surface area contributed by atoms with Crippen LogP contribution in [0.25, 0.3) is 0 Å². The van der Waals surface area contributed by atoms with Crippen LogP contribution in [-0.2, 0) is 0 Å². The average molecular weight is 279 g/mol. The van der Waals surface area contributed by atoms with Gasteiger partial charge in [0.2, 0.25) is 0 Å². The Labute approximate surface area is 114 Å². The second-order valence-electron chi connectivity index (χ2n) is 3.70. The molecule has 0 unspecified atom stereocenters. The third kappa shape index (κ3) is 2.95. The van der Waals surface area contributed by atoms with E-state index in [-0.39, 0.29) is 5.56 Å². The fraction of sp³-hybridized carbons (Fsp3) is 0.0769. The molecule has 2 aromatic rings. The van der Waals surface area contributed by atoms with Crippen molar-refractivity contribution in [3.05, 3.63) is 47.2 Å². The van der Waals surface area contributed by atoms with Crippen molar-refractivity contribution in [3.8, 4) is 5.75 Å². The van der Waals surface area contributed by atoms with E-state index in [2.05, 4.69) is 10.3 Å². The van der Waals surface area contributed by atoms with Gasteiger partial charge in [0.15, 0.2) is 0 Å². The summed E-state index contributed by atoms with van der Waals surface area (Å²) in [5.74, 6) is -0.420. The second-order valence-corrected chi connectivity index (χ2v) is 4.10. The number of hydrogen-bond acceptors (Lipinski definition) is 4. The fourth-order valence-electron chi connectivity index (χ4n) is 1.55. The molecule has 0 amide bonds. The molecular weight excluding hydrogens is 268 g/mol. The summed E-state index contributed by atoms with van der Waals surface area (Å²) in [7, 11) is 1.54. The van der Waals surface area contributed by atoms with E-state index >= 15 is 0 Å². The van der Waals surface area contributed by atoms with Gasteiger partial charge in [-0.05, 0) is 18.2 Å². The molecule has 0 saturated heterocycles. The first-order chi connectivity index (χ1) is 9.11. The molecule has 0 spiro atoms. The highest BCUT2D eigenvalue weighted by molar-refractivity contribution is 6.33. The summed E-state index contributed by atoms with van der Waals surface area (Å²) in [5.41, 5.74) is 1.04. The normalized spacial score (nSPS) is 10.0. The predicted octanol–water partition coefficient (Wildman–Crippen LogP) is 3.19. The number of hydrogen-bond donors (Lipinski definition) is 2. The molecule has 0 saturated carbocycles. The molecule has 0 aliphatic rings. The lowest BCUT2D eigenvalue weighted by Crippen LogP contribution is -2.03. The van der Waals surface area contributed by atoms with Crippen LogP contribution >= 0.6 is 11.6 Å². The molecular formula is C13H11ClN2O3. The van der Waals surface area contributed by atoms with Gasteiger partial charge < -0.3 is 15.2 Å². The lowest BCUT2D eigenvalue weighted by molar-refractivity contribution is 0.0698. The van der Waals surface area contributed by atoms with Gasteiger partial charge in [-0.3, -0.25) is 4.98 Å². The monoisotopic (exact) mass is 278 g/mol. The average Bonchev–Trinajstić information content (AvgIpc) is 2.41. The van der Waals surface area contributed by atoms with Gasteiger partial charge in [-0.15, -0.1) is 0 Å². The van der Waals surface area contributed by atoms with Crippen LogP contribution in [0.1, 0.15) is 10.4 Å². The van der Waals surface area contributed by atoms with Gasteiger partial charge in [-0.2, -0.15) is 0 Å². The zero-order chi connectivity index (χ0) is 13.8. The lowest BCUT2D eigenvalue weighted by atomic mass is 10.2. The summed E-state index contributed by atoms with van der Waals surface area (Å²) in [6.45, 7) is 0. The Morgan fingerprint density at radius 1 is 1.37 bits per heavy atom. The standard InChI is InChI=1S/C13H11ClN2O3/c1-19-8-2-3-10(14)11(6-8)16-12-7-15-5-4-9(12)13(17)18/h2-7,16H,1H3,(H,17,18). The maximum Gasteiger partial charge on any atom is 0.337 e. The van der Waals surface area contributed by atoms with Crippen LogP contribution in [0.2, 0.25) is 5.02 Å². The molecule has 2 N–H and O–H groups in total. The molecule has 19 heavy (non-hydrogen) atoms. The van der Waals surface area contributed by atoms with Gasteiger partial charge in [0.25, 0.3) is 0 Å². The number of carboxylic acid groups (broad SMARTS) is 1. The number of rotatable bonds is 4. The molecule has 1 aromatic carbocycles. The van der Waals surface area contributed by atoms with Crippen LogP contribution in [0.15, 0.2) is 36.7 Å². The Morgan fingerprint density at radius 3 is 2.84 bits per heavy atom. The zero-order valence-corrected chi connectivity index (χ0v) is 10.8. The van der Waals surface area contributed by atoms with Crippen LogP contribution in [0, 0.1) is 0 Å². The summed E-state index contributed by atoms with van der Waals surface area (Å²) < 4.78 is 5.09. The van der Waals surface area contributed by atoms with E-state index in [1.165, 1.54) is 18.5 Å². The number of nitrogens with zero attached hydrogens (tertiary/aromatic N) is 1. The highest BCUT2D eigenvalue weighted by atomic mass is 35.5. The number of aromatic carboxylic acids is 1. The molecule has 6 heteroatoms. The number of nitrogens with one attached hydrogen (secondary N) is 1. The first-order valence-electron chi connectivity index (χ1n) is 5.39. The minimum Gasteiger partial charge on any atom is -0.497 e. The largest absolute Gasteiger partial charge is 0.497 e. The second kappa shape index (κ2) is 5.58. The molecule has 0 radical (unpaired) electrons. The van der Waals surface area contributed by atoms with Crippen molar-refractivity contribution in [2.45, 2.75) is 0 Å². The topological polar surface area (TPSA) is 71.5 Å². The number of halogens is 1. The number of carboxylic acids is 1. The Bertz CT molecular complexity index is 617. The van der Waals surface area contributed by atoms with Crippen molar-refractivity contribution >= 4 is 28.9 Å². The van der Waals surface area contributed by atoms with Crippen molar-refractivity contribution < 1.29 is 14.6 Å². The van der Waals surface area contributed by atoms with Gasteiger partial charge >= 0.3 is 5.97 Å². The summed E-state index contributed by atoms with van der Waals surface area (Å²) in [6.07, 6.45) is 2.85. The van der Waals surface area contributed by atoms with E-state index in [9.17, 15) is 4.79 Å². The Kier molecular flexibility index (Phi) is 3.87. The molecule has 98 valence electrons. The maximum absolute atomic E-state index is 11.1. The molecule has 0 aliphatic carbocycles. The maximum atomic E-state index is 11.1. The lowest BCUT2D eigenvalue weighted by Gasteiger charge is -2.11. The molecule has 0 aliphatic heterocycles. The molecule has 0 fully saturated rings. The van der Waals surface area contributed by atoms with Crippen LogP contribution in [0.4, 0.5) is 11.4 Å². The van der Waals surface area contributed by atoms with Crippen molar-refractivity contribution in [2.24, 2.45) is 0 Å². The van der Waals surface area contributed by atoms with Crippen LogP contribution in [-0.4, -0.2) is 23.2 Å². The molecule has 1 heterocycles. The van der Waals surface area contributed by atoms with Crippen molar-refractivity contribution in [3.63, 3.8) is 0 Å². The molecule has 5 nitrogen and oxygen atoms in total. The van der Waals surface area contributed by atoms with E-state index in [4.69, 9.17) is 21.4 Å². The highest BCUT2D eigenvalue weighted by Crippen LogP contribution is 2.30. The van der Waals surface area contributed by atoms with Crippen LogP contribution < -0.4 is 10.1 Å². The number of anilines is 2. The quantitative estimate of drug-likeness (QED) is 0.899. The number of benzene rings is 1. The van der Waals surface area contributed by atoms with E-state index < -0.39 is 5.97 Å². The van der Waals surface area contributed by atoms with E-state index in [0.29, 0.717) is 22.1 Å². The Balaban J connectivity index is 2.38. The van der Waals surface area contributed by atoms with Gasteiger partial charge in [-0.1, -0.05) is 11.6 Å². The molecule has 0 atom stereocenters. The van der Waals surface area contributed by atoms with E-state index in [1.54, 1.807) is 25.3 Å². The molecule has 1 aromatic heterocycles. The third-order valence-electron chi connectivity index (χ3n) is 2.49. The van der Waals surface area contributed by atoms with Gasteiger partial charge in [-0.25, -0.2) is 4.79 Å². The van der Waals surface area contributed by atoms with Gasteiger partial charge in [0, 0.05) is 12.3 Å². The zero-order valence-electron chi connectivity index (χ0n) is 10.1. The minimum absolute atomic E-state index is 0.119. The van der Waals surface area contributed by atoms with Crippen molar-refractivity contribution in [2.75, 3.05) is 12.4 Å². The third-order valence-corrected chi connectivity index (χ3v) is 2.82. The highest BCUT2D eigenvalue weighted by Gasteiger charge is 2.11. The SMILES string of the molecule is COc1ccc(Cl)c(Nc2cnccc2C(=O)O)c1. The number of aromatic nitrogens is 1. The van der Waals surface area contributed by atoms with Gasteiger partial charge in [0.05, 0.1) is 35.3 Å². The number of carbonyl (C=O) groups is 1. The minimum atomic E-state index is -1.04. The van der Waals surface area contributed by atoms with Crippen LogP contribution in [0.3, 0.4) is 0 Å². The van der Waals surface area contributed by atoms with Crippen molar-refractivity contribution in [1.82, 2.24) is 4.98 Å². The Hall–Kier alpha value is -2.27. The summed E-state index contributed by atoms with van der Waals surface area (Å²) in [6, 6.07) is 6.48. The smallest absolute Gasteiger partial charge is 0.337 e. The van der Waals surface area contributed by atoms with Crippen LogP contribution in [0.5, 0.6) is 5.75 Å².